The molecule has 0 aliphatic heterocycles. The summed E-state index contributed by atoms with van der Waals surface area (Å²) in [6.45, 7) is 9.02. The number of esters is 2. The zero-order valence-corrected chi connectivity index (χ0v) is 15.1. The van der Waals surface area contributed by atoms with Crippen LogP contribution in [0.15, 0.2) is 25.3 Å². The third-order valence-electron chi connectivity index (χ3n) is 2.12. The molecule has 0 aromatic rings. The monoisotopic (exact) mass is 336 g/mol. The first-order valence-corrected chi connectivity index (χ1v) is 6.66. The first kappa shape index (κ1) is 25.6. The van der Waals surface area contributed by atoms with Crippen molar-refractivity contribution < 1.29 is 36.0 Å². The third kappa shape index (κ3) is 23.7. The molecule has 0 amide bonds. The summed E-state index contributed by atoms with van der Waals surface area (Å²) >= 11 is 0. The van der Waals surface area contributed by atoms with E-state index in [1.54, 1.807) is 0 Å². The Morgan fingerprint density at radius 2 is 1.41 bits per heavy atom. The Labute approximate surface area is 140 Å². The molecule has 6 nitrogen and oxygen atoms in total. The quantitative estimate of drug-likeness (QED) is 0.283. The molecule has 0 heterocycles. The second-order valence-corrected chi connectivity index (χ2v) is 5.56. The van der Waals surface area contributed by atoms with Crippen molar-refractivity contribution in [2.24, 2.45) is 0 Å². The number of carbonyl (C=O) groups is 2. The lowest BCUT2D eigenvalue weighted by atomic mass is 10.5. The second-order valence-electron chi connectivity index (χ2n) is 5.56. The van der Waals surface area contributed by atoms with Gasteiger partial charge in [-0.05, 0) is 14.1 Å². The van der Waals surface area contributed by atoms with E-state index >= 15 is 0 Å². The maximum absolute atomic E-state index is 10.6. The van der Waals surface area contributed by atoms with Gasteiger partial charge in [0.1, 0.15) is 19.8 Å². The maximum atomic E-state index is 10.6. The van der Waals surface area contributed by atoms with E-state index in [4.69, 9.17) is 9.47 Å². The summed E-state index contributed by atoms with van der Waals surface area (Å²) in [6, 6.07) is 0. The van der Waals surface area contributed by atoms with Crippen molar-refractivity contribution in [3.63, 3.8) is 0 Å². The minimum absolute atomic E-state index is 0. The van der Waals surface area contributed by atoms with Gasteiger partial charge in [-0.1, -0.05) is 13.2 Å². The highest BCUT2D eigenvalue weighted by Crippen LogP contribution is 1.89. The number of ether oxygens (including phenoxy) is 2. The second kappa shape index (κ2) is 14.6. The summed E-state index contributed by atoms with van der Waals surface area (Å²) in [7, 11) is 9.97. The van der Waals surface area contributed by atoms with Gasteiger partial charge in [0, 0.05) is 18.7 Å². The molecule has 0 radical (unpaired) electrons. The van der Waals surface area contributed by atoms with Crippen LogP contribution in [-0.2, 0) is 19.1 Å². The Kier molecular flexibility index (Phi) is 16.9. The topological polar surface area (TPSA) is 55.8 Å². The number of nitrogens with zero attached hydrogens (tertiary/aromatic N) is 2. The molecule has 130 valence electrons. The normalized spacial score (nSPS) is 9.73. The molecule has 0 aromatic carbocycles. The number of hydrogen-bond donors (Lipinski definition) is 0. The molecule has 0 saturated carbocycles. The Balaban J connectivity index is -0.000000315. The summed E-state index contributed by atoms with van der Waals surface area (Å²) < 4.78 is 10.3. The van der Waals surface area contributed by atoms with E-state index in [0.29, 0.717) is 13.2 Å². The molecule has 0 bridgehead atoms. The Morgan fingerprint density at radius 3 is 1.73 bits per heavy atom. The molecule has 0 saturated heterocycles. The number of quaternary nitrogens is 1. The smallest absolute Gasteiger partial charge is 0.330 e. The lowest BCUT2D eigenvalue weighted by Gasteiger charge is -2.23. The number of carbonyl (C=O) groups excluding carboxylic acids is 2. The lowest BCUT2D eigenvalue weighted by molar-refractivity contribution is -0.870. The fourth-order valence-electron chi connectivity index (χ4n) is 0.867. The summed E-state index contributed by atoms with van der Waals surface area (Å²) in [5, 5.41) is 0. The van der Waals surface area contributed by atoms with E-state index in [0.717, 1.165) is 23.6 Å². The van der Waals surface area contributed by atoms with Gasteiger partial charge in [0.05, 0.1) is 21.1 Å². The van der Waals surface area contributed by atoms with Gasteiger partial charge < -0.3 is 31.3 Å². The van der Waals surface area contributed by atoms with Gasteiger partial charge in [0.15, 0.2) is 0 Å². The third-order valence-corrected chi connectivity index (χ3v) is 2.12. The summed E-state index contributed by atoms with van der Waals surface area (Å²) in [5.41, 5.74) is 0. The Morgan fingerprint density at radius 1 is 1.00 bits per heavy atom. The Bertz CT molecular complexity index is 339. The highest BCUT2D eigenvalue weighted by Gasteiger charge is 2.06. The molecular formula is C15H29ClN2O4. The van der Waals surface area contributed by atoms with E-state index in [2.05, 4.69) is 13.2 Å². The standard InChI is InChI=1S/C8H16NO2.C7H13NO2.ClH/c1-5-8(10)11-7-6-9(2,3)4;1-4-7(9)10-6-5-8(2)3;/h5H,1,6-7H2,2-4H3;4H,1,5-6H2,2-3H3;1H/q+1;;/p-1. The van der Waals surface area contributed by atoms with Crippen LogP contribution in [0.25, 0.3) is 0 Å². The number of likely N-dealkylation sites (N-methyl/N-ethyl adjacent to an activating group) is 2. The van der Waals surface area contributed by atoms with Crippen LogP contribution in [0.4, 0.5) is 0 Å². The summed E-state index contributed by atoms with van der Waals surface area (Å²) in [6.07, 6.45) is 2.34. The van der Waals surface area contributed by atoms with Crippen molar-refractivity contribution in [1.29, 1.82) is 0 Å². The van der Waals surface area contributed by atoms with Gasteiger partial charge in [-0.15, -0.1) is 0 Å². The first-order valence-electron chi connectivity index (χ1n) is 6.66. The largest absolute Gasteiger partial charge is 1.00 e. The lowest BCUT2D eigenvalue weighted by Crippen LogP contribution is -3.00. The molecule has 0 rings (SSSR count). The van der Waals surface area contributed by atoms with Crippen LogP contribution < -0.4 is 12.4 Å². The summed E-state index contributed by atoms with van der Waals surface area (Å²) in [4.78, 5) is 22.9. The highest BCUT2D eigenvalue weighted by molar-refractivity contribution is 5.81. The molecule has 0 aromatic heterocycles. The van der Waals surface area contributed by atoms with Gasteiger partial charge in [-0.3, -0.25) is 0 Å². The van der Waals surface area contributed by atoms with Crippen LogP contribution in [0.5, 0.6) is 0 Å². The van der Waals surface area contributed by atoms with Crippen LogP contribution in [0.3, 0.4) is 0 Å². The maximum Gasteiger partial charge on any atom is 0.330 e. The molecule has 22 heavy (non-hydrogen) atoms. The number of halogens is 1. The molecule has 0 unspecified atom stereocenters. The van der Waals surface area contributed by atoms with Crippen LogP contribution in [0, 0.1) is 0 Å². The molecule has 0 aliphatic rings. The van der Waals surface area contributed by atoms with E-state index in [9.17, 15) is 9.59 Å². The molecule has 0 aliphatic carbocycles. The molecule has 7 heteroatoms. The van der Waals surface area contributed by atoms with E-state index in [1.807, 2.05) is 40.1 Å². The van der Waals surface area contributed by atoms with Crippen LogP contribution in [0.2, 0.25) is 0 Å². The zero-order valence-electron chi connectivity index (χ0n) is 14.3. The van der Waals surface area contributed by atoms with Gasteiger partial charge in [-0.25, -0.2) is 9.59 Å². The number of hydrogen-bond acceptors (Lipinski definition) is 5. The van der Waals surface area contributed by atoms with Crippen molar-refractivity contribution in [2.75, 3.05) is 61.5 Å². The van der Waals surface area contributed by atoms with Crippen molar-refractivity contribution in [2.45, 2.75) is 0 Å². The van der Waals surface area contributed by atoms with Crippen LogP contribution in [-0.4, -0.2) is 82.9 Å². The average Bonchev–Trinajstić information content (AvgIpc) is 2.37. The minimum atomic E-state index is -0.359. The molecule has 0 spiro atoms. The Hall–Kier alpha value is -1.37. The van der Waals surface area contributed by atoms with Gasteiger partial charge in [-0.2, -0.15) is 0 Å². The molecular weight excluding hydrogens is 308 g/mol. The van der Waals surface area contributed by atoms with Crippen molar-refractivity contribution in [3.8, 4) is 0 Å². The predicted octanol–water partition coefficient (Wildman–Crippen LogP) is -2.30. The average molecular weight is 337 g/mol. The van der Waals surface area contributed by atoms with Crippen molar-refractivity contribution in [3.05, 3.63) is 25.3 Å². The van der Waals surface area contributed by atoms with Gasteiger partial charge in [0.2, 0.25) is 0 Å². The van der Waals surface area contributed by atoms with Crippen molar-refractivity contribution >= 4 is 11.9 Å². The first-order chi connectivity index (χ1) is 9.62. The molecule has 0 fully saturated rings. The van der Waals surface area contributed by atoms with Crippen LogP contribution in [0.1, 0.15) is 0 Å². The minimum Gasteiger partial charge on any atom is -1.00 e. The van der Waals surface area contributed by atoms with Crippen molar-refractivity contribution in [1.82, 2.24) is 4.90 Å². The van der Waals surface area contributed by atoms with E-state index < -0.39 is 0 Å². The van der Waals surface area contributed by atoms with E-state index in [1.165, 1.54) is 6.08 Å². The zero-order chi connectivity index (χ0) is 16.9. The van der Waals surface area contributed by atoms with E-state index in [-0.39, 0.29) is 24.3 Å². The number of rotatable bonds is 8. The fourth-order valence-corrected chi connectivity index (χ4v) is 0.867. The van der Waals surface area contributed by atoms with Gasteiger partial charge >= 0.3 is 11.9 Å². The van der Waals surface area contributed by atoms with Gasteiger partial charge in [0.25, 0.3) is 0 Å². The van der Waals surface area contributed by atoms with Crippen LogP contribution >= 0.6 is 0 Å². The predicted molar refractivity (Wildman–Crippen MR) is 83.8 cm³/mol. The SMILES string of the molecule is C=CC(=O)OCCN(C)C.C=CC(=O)OCC[N+](C)(C)C.[Cl-]. The highest BCUT2D eigenvalue weighted by atomic mass is 35.5. The molecule has 0 atom stereocenters. The molecule has 0 N–H and O–H groups in total. The fraction of sp³-hybridized carbons (Fsp3) is 0.600. The summed E-state index contributed by atoms with van der Waals surface area (Å²) in [5.74, 6) is -0.708.